The molecule has 0 N–H and O–H groups in total. The minimum absolute atomic E-state index is 1.03. The summed E-state index contributed by atoms with van der Waals surface area (Å²) in [6.07, 6.45) is 3.10. The highest BCUT2D eigenvalue weighted by Gasteiger charge is 2.01. The molecule has 20 heavy (non-hydrogen) atoms. The molecule has 0 unspecified atom stereocenters. The first-order valence-corrected chi connectivity index (χ1v) is 7.91. The molecule has 0 aliphatic carbocycles. The zero-order valence-corrected chi connectivity index (χ0v) is 12.4. The van der Waals surface area contributed by atoms with E-state index in [9.17, 15) is 0 Å². The zero-order chi connectivity index (χ0) is 13.8. The molecule has 0 aliphatic heterocycles. The van der Waals surface area contributed by atoms with Crippen molar-refractivity contribution in [3.05, 3.63) is 60.4 Å². The van der Waals surface area contributed by atoms with Gasteiger partial charge in [0.05, 0.1) is 17.4 Å². The Hall–Kier alpha value is -1.74. The Kier molecular flexibility index (Phi) is 4.07. The van der Waals surface area contributed by atoms with Crippen LogP contribution in [0.1, 0.15) is 12.0 Å². The van der Waals surface area contributed by atoms with E-state index in [0.29, 0.717) is 0 Å². The van der Waals surface area contributed by atoms with Gasteiger partial charge in [-0.3, -0.25) is 0 Å². The molecular weight excluding hydrogens is 264 g/mol. The maximum Gasteiger partial charge on any atom is 0.0958 e. The van der Waals surface area contributed by atoms with E-state index in [1.54, 1.807) is 0 Å². The summed E-state index contributed by atoms with van der Waals surface area (Å²) < 4.78 is 2.24. The summed E-state index contributed by atoms with van der Waals surface area (Å²) in [5.74, 6) is 1.13. The molecule has 102 valence electrons. The third-order valence-corrected chi connectivity index (χ3v) is 4.46. The van der Waals surface area contributed by atoms with Gasteiger partial charge in [-0.15, -0.1) is 11.8 Å². The number of hydrogen-bond acceptors (Lipinski definition) is 2. The predicted octanol–water partition coefficient (Wildman–Crippen LogP) is 4.53. The largest absolute Gasteiger partial charge is 0.331 e. The number of nitrogens with zero attached hydrogens (tertiary/aromatic N) is 2. The fourth-order valence-electron chi connectivity index (χ4n) is 2.25. The monoisotopic (exact) mass is 282 g/mol. The predicted molar refractivity (Wildman–Crippen MR) is 86.3 cm³/mol. The lowest BCUT2D eigenvalue weighted by Crippen LogP contribution is -1.97. The highest BCUT2D eigenvalue weighted by atomic mass is 32.2. The normalized spacial score (nSPS) is 11.1. The molecule has 3 heteroatoms. The Morgan fingerprint density at radius 3 is 2.70 bits per heavy atom. The molecule has 2 aromatic carbocycles. The van der Waals surface area contributed by atoms with Gasteiger partial charge in [-0.05, 0) is 43.4 Å². The fraction of sp³-hybridized carbons (Fsp3) is 0.235. The first-order valence-electron chi connectivity index (χ1n) is 6.92. The van der Waals surface area contributed by atoms with Crippen molar-refractivity contribution in [2.45, 2.75) is 24.8 Å². The molecule has 0 radical (unpaired) electrons. The maximum atomic E-state index is 4.42. The first kappa shape index (κ1) is 13.3. The van der Waals surface area contributed by atoms with E-state index in [1.807, 2.05) is 24.2 Å². The number of aryl methyl sites for hydroxylation is 2. The van der Waals surface area contributed by atoms with Crippen LogP contribution in [-0.2, 0) is 6.54 Å². The molecule has 0 saturated heterocycles. The molecule has 2 nitrogen and oxygen atoms in total. The van der Waals surface area contributed by atoms with Crippen molar-refractivity contribution in [2.75, 3.05) is 5.75 Å². The molecular formula is C17H18N2S. The second-order valence-electron chi connectivity index (χ2n) is 4.94. The van der Waals surface area contributed by atoms with Crippen molar-refractivity contribution in [2.24, 2.45) is 0 Å². The van der Waals surface area contributed by atoms with Gasteiger partial charge in [0.25, 0.3) is 0 Å². The van der Waals surface area contributed by atoms with Gasteiger partial charge in [-0.25, -0.2) is 4.98 Å². The molecule has 1 aromatic heterocycles. The lowest BCUT2D eigenvalue weighted by atomic mass is 10.2. The Morgan fingerprint density at radius 2 is 1.85 bits per heavy atom. The molecule has 0 saturated carbocycles. The fourth-order valence-corrected chi connectivity index (χ4v) is 3.09. The van der Waals surface area contributed by atoms with Gasteiger partial charge in [0.15, 0.2) is 0 Å². The van der Waals surface area contributed by atoms with E-state index < -0.39 is 0 Å². The summed E-state index contributed by atoms with van der Waals surface area (Å²) in [5, 5.41) is 0. The maximum absolute atomic E-state index is 4.42. The third kappa shape index (κ3) is 3.05. The third-order valence-electron chi connectivity index (χ3n) is 3.36. The van der Waals surface area contributed by atoms with Crippen LogP contribution in [0.3, 0.4) is 0 Å². The molecule has 1 heterocycles. The average molecular weight is 282 g/mol. The van der Waals surface area contributed by atoms with Crippen LogP contribution in [0.4, 0.5) is 0 Å². The highest BCUT2D eigenvalue weighted by Crippen LogP contribution is 2.20. The van der Waals surface area contributed by atoms with Crippen LogP contribution in [0.5, 0.6) is 0 Å². The van der Waals surface area contributed by atoms with Gasteiger partial charge in [-0.1, -0.05) is 29.8 Å². The number of imidazole rings is 1. The smallest absolute Gasteiger partial charge is 0.0958 e. The molecule has 0 aliphatic rings. The van der Waals surface area contributed by atoms with Gasteiger partial charge in [0.1, 0.15) is 0 Å². The standard InChI is InChI=1S/C17H18N2S/c1-14-7-9-15(10-8-14)20-12-4-11-19-13-18-16-5-2-3-6-17(16)19/h2-3,5-10,13H,4,11-12H2,1H3. The zero-order valence-electron chi connectivity index (χ0n) is 11.6. The highest BCUT2D eigenvalue weighted by molar-refractivity contribution is 7.99. The summed E-state index contributed by atoms with van der Waals surface area (Å²) in [5.41, 5.74) is 3.63. The van der Waals surface area contributed by atoms with Crippen molar-refractivity contribution < 1.29 is 0 Å². The number of benzene rings is 2. The summed E-state index contributed by atoms with van der Waals surface area (Å²) >= 11 is 1.92. The summed E-state index contributed by atoms with van der Waals surface area (Å²) in [6, 6.07) is 17.0. The molecule has 0 amide bonds. The molecule has 3 aromatic rings. The summed E-state index contributed by atoms with van der Waals surface area (Å²) in [6.45, 7) is 3.15. The Bertz CT molecular complexity index is 686. The molecule has 0 spiro atoms. The first-order chi connectivity index (χ1) is 9.83. The van der Waals surface area contributed by atoms with E-state index in [1.165, 1.54) is 16.0 Å². The van der Waals surface area contributed by atoms with E-state index in [-0.39, 0.29) is 0 Å². The molecule has 3 rings (SSSR count). The average Bonchev–Trinajstić information content (AvgIpc) is 2.89. The van der Waals surface area contributed by atoms with Gasteiger partial charge in [0.2, 0.25) is 0 Å². The molecule has 0 bridgehead atoms. The Balaban J connectivity index is 1.54. The number of fused-ring (bicyclic) bond motifs is 1. The van der Waals surface area contributed by atoms with Gasteiger partial charge >= 0.3 is 0 Å². The number of hydrogen-bond donors (Lipinski definition) is 0. The lowest BCUT2D eigenvalue weighted by molar-refractivity contribution is 0.702. The Morgan fingerprint density at radius 1 is 1.05 bits per heavy atom. The van der Waals surface area contributed by atoms with Gasteiger partial charge < -0.3 is 4.57 Å². The van der Waals surface area contributed by atoms with Crippen molar-refractivity contribution >= 4 is 22.8 Å². The molecule has 0 atom stereocenters. The second-order valence-corrected chi connectivity index (χ2v) is 6.11. The number of rotatable bonds is 5. The minimum atomic E-state index is 1.03. The quantitative estimate of drug-likeness (QED) is 0.505. The van der Waals surface area contributed by atoms with Crippen molar-refractivity contribution in [3.63, 3.8) is 0 Å². The van der Waals surface area contributed by atoms with Crippen LogP contribution < -0.4 is 0 Å². The SMILES string of the molecule is Cc1ccc(SCCCn2cnc3ccccc32)cc1. The number of thioether (sulfide) groups is 1. The van der Waals surface area contributed by atoms with E-state index in [0.717, 1.165) is 24.2 Å². The topological polar surface area (TPSA) is 17.8 Å². The van der Waals surface area contributed by atoms with E-state index in [2.05, 4.69) is 58.9 Å². The van der Waals surface area contributed by atoms with Gasteiger partial charge in [0, 0.05) is 11.4 Å². The summed E-state index contributed by atoms with van der Waals surface area (Å²) in [4.78, 5) is 5.77. The van der Waals surface area contributed by atoms with Crippen molar-refractivity contribution in [3.8, 4) is 0 Å². The lowest BCUT2D eigenvalue weighted by Gasteiger charge is -2.05. The van der Waals surface area contributed by atoms with E-state index in [4.69, 9.17) is 0 Å². The van der Waals surface area contributed by atoms with Crippen LogP contribution in [0, 0.1) is 6.92 Å². The van der Waals surface area contributed by atoms with Crippen molar-refractivity contribution in [1.29, 1.82) is 0 Å². The van der Waals surface area contributed by atoms with E-state index >= 15 is 0 Å². The number of aromatic nitrogens is 2. The van der Waals surface area contributed by atoms with Crippen LogP contribution in [-0.4, -0.2) is 15.3 Å². The summed E-state index contributed by atoms with van der Waals surface area (Å²) in [7, 11) is 0. The number of para-hydroxylation sites is 2. The Labute approximate surface area is 123 Å². The minimum Gasteiger partial charge on any atom is -0.331 e. The molecule has 0 fully saturated rings. The van der Waals surface area contributed by atoms with Crippen molar-refractivity contribution in [1.82, 2.24) is 9.55 Å². The van der Waals surface area contributed by atoms with Gasteiger partial charge in [-0.2, -0.15) is 0 Å². The van der Waals surface area contributed by atoms with Crippen LogP contribution >= 0.6 is 11.8 Å². The van der Waals surface area contributed by atoms with Crippen LogP contribution in [0.2, 0.25) is 0 Å². The van der Waals surface area contributed by atoms with Crippen LogP contribution in [0.25, 0.3) is 11.0 Å². The second kappa shape index (κ2) is 6.14. The van der Waals surface area contributed by atoms with Crippen LogP contribution in [0.15, 0.2) is 59.8 Å².